The zero-order valence-electron chi connectivity index (χ0n) is 13.8. The number of pyridine rings is 1. The maximum atomic E-state index is 5.91. The number of nitrogens with zero attached hydrogens (tertiary/aromatic N) is 3. The molecule has 0 spiro atoms. The van der Waals surface area contributed by atoms with Crippen molar-refractivity contribution in [2.45, 2.75) is 19.9 Å². The van der Waals surface area contributed by atoms with Crippen molar-refractivity contribution in [3.8, 4) is 0 Å². The van der Waals surface area contributed by atoms with E-state index in [1.54, 1.807) is 0 Å². The number of aromatic nitrogens is 1. The summed E-state index contributed by atoms with van der Waals surface area (Å²) in [4.78, 5) is 11.1. The molecule has 0 saturated carbocycles. The minimum atomic E-state index is 0.457. The highest BCUT2D eigenvalue weighted by Crippen LogP contribution is 2.19. The lowest BCUT2D eigenvalue weighted by Gasteiger charge is -2.29. The van der Waals surface area contributed by atoms with Gasteiger partial charge in [-0.2, -0.15) is 0 Å². The average Bonchev–Trinajstić information content (AvgIpc) is 2.61. The van der Waals surface area contributed by atoms with Gasteiger partial charge in [-0.1, -0.05) is 6.07 Å². The van der Waals surface area contributed by atoms with Crippen molar-refractivity contribution < 1.29 is 9.47 Å². The molecule has 1 fully saturated rings. The highest BCUT2D eigenvalue weighted by molar-refractivity contribution is 5.77. The highest BCUT2D eigenvalue weighted by Gasteiger charge is 2.15. The third-order valence-corrected chi connectivity index (χ3v) is 3.57. The quantitative estimate of drug-likeness (QED) is 0.417. The molecule has 0 aromatic carbocycles. The molecule has 3 N–H and O–H groups in total. The topological polar surface area (TPSA) is 85.0 Å². The Kier molecular flexibility index (Phi) is 7.62. The number of hydrogen-bond acceptors (Lipinski definition) is 5. The molecule has 0 aliphatic carbocycles. The summed E-state index contributed by atoms with van der Waals surface area (Å²) in [6, 6.07) is 3.98. The Hall–Kier alpha value is -1.86. The summed E-state index contributed by atoms with van der Waals surface area (Å²) in [5.41, 5.74) is 6.99. The van der Waals surface area contributed by atoms with E-state index in [0.29, 0.717) is 12.5 Å². The third-order valence-electron chi connectivity index (χ3n) is 3.57. The van der Waals surface area contributed by atoms with E-state index in [-0.39, 0.29) is 0 Å². The second-order valence-electron chi connectivity index (χ2n) is 5.26. The highest BCUT2D eigenvalue weighted by atomic mass is 16.5. The smallest absolute Gasteiger partial charge is 0.188 e. The zero-order valence-corrected chi connectivity index (χ0v) is 13.8. The Labute approximate surface area is 137 Å². The Morgan fingerprint density at radius 2 is 2.30 bits per heavy atom. The normalized spacial score (nSPS) is 15.7. The van der Waals surface area contributed by atoms with E-state index in [1.807, 2.05) is 25.3 Å². The first-order chi connectivity index (χ1) is 11.3. The van der Waals surface area contributed by atoms with Crippen LogP contribution in [0.5, 0.6) is 0 Å². The lowest BCUT2D eigenvalue weighted by molar-refractivity contribution is 0.122. The van der Waals surface area contributed by atoms with E-state index in [2.05, 4.69) is 20.2 Å². The number of ether oxygens (including phenoxy) is 2. The minimum Gasteiger partial charge on any atom is -0.382 e. The molecule has 0 unspecified atom stereocenters. The number of guanidine groups is 1. The van der Waals surface area contributed by atoms with Crippen LogP contribution in [0.1, 0.15) is 18.9 Å². The van der Waals surface area contributed by atoms with Crippen LogP contribution >= 0.6 is 0 Å². The number of morpholine rings is 1. The summed E-state index contributed by atoms with van der Waals surface area (Å²) in [6.45, 7) is 7.95. The molecule has 2 heterocycles. The fraction of sp³-hybridized carbons (Fsp3) is 0.625. The Bertz CT molecular complexity index is 489. The van der Waals surface area contributed by atoms with Crippen molar-refractivity contribution in [3.63, 3.8) is 0 Å². The second-order valence-corrected chi connectivity index (χ2v) is 5.26. The number of aliphatic imine (C=N–C) groups is 1. The molecule has 0 radical (unpaired) electrons. The van der Waals surface area contributed by atoms with Gasteiger partial charge in [0.1, 0.15) is 5.82 Å². The van der Waals surface area contributed by atoms with Gasteiger partial charge >= 0.3 is 0 Å². The number of nitrogens with one attached hydrogen (secondary N) is 1. The molecule has 0 bridgehead atoms. The van der Waals surface area contributed by atoms with Crippen LogP contribution in [-0.4, -0.2) is 57.0 Å². The number of anilines is 1. The Balaban J connectivity index is 1.85. The SMILES string of the molecule is CCOCCCNC(N)=NCc1cccnc1N1CCOCC1. The molecule has 128 valence electrons. The fourth-order valence-electron chi connectivity index (χ4n) is 2.37. The van der Waals surface area contributed by atoms with Crippen LogP contribution in [0.4, 0.5) is 5.82 Å². The summed E-state index contributed by atoms with van der Waals surface area (Å²) in [5.74, 6) is 1.43. The molecule has 7 nitrogen and oxygen atoms in total. The van der Waals surface area contributed by atoms with Gasteiger partial charge in [-0.3, -0.25) is 0 Å². The van der Waals surface area contributed by atoms with Crippen molar-refractivity contribution in [2.75, 3.05) is 51.0 Å². The first kappa shape index (κ1) is 17.5. The van der Waals surface area contributed by atoms with Gasteiger partial charge in [-0.05, 0) is 19.4 Å². The molecule has 0 atom stereocenters. The predicted molar refractivity (Wildman–Crippen MR) is 91.7 cm³/mol. The second kappa shape index (κ2) is 10.0. The molecule has 0 amide bonds. The molecule has 1 aliphatic heterocycles. The minimum absolute atomic E-state index is 0.457. The summed E-state index contributed by atoms with van der Waals surface area (Å²) in [7, 11) is 0. The van der Waals surface area contributed by atoms with Crippen molar-refractivity contribution in [1.29, 1.82) is 0 Å². The molecule has 23 heavy (non-hydrogen) atoms. The molecular formula is C16H27N5O2. The number of hydrogen-bond donors (Lipinski definition) is 2. The van der Waals surface area contributed by atoms with Crippen LogP contribution in [0.3, 0.4) is 0 Å². The monoisotopic (exact) mass is 321 g/mol. The van der Waals surface area contributed by atoms with E-state index in [9.17, 15) is 0 Å². The van der Waals surface area contributed by atoms with Gasteiger partial charge in [0, 0.05) is 44.6 Å². The Morgan fingerprint density at radius 3 is 3.09 bits per heavy atom. The van der Waals surface area contributed by atoms with Gasteiger partial charge in [0.2, 0.25) is 0 Å². The first-order valence-corrected chi connectivity index (χ1v) is 8.19. The summed E-state index contributed by atoms with van der Waals surface area (Å²) in [5, 5.41) is 3.10. The molecular weight excluding hydrogens is 294 g/mol. The van der Waals surface area contributed by atoms with Gasteiger partial charge in [0.15, 0.2) is 5.96 Å². The van der Waals surface area contributed by atoms with E-state index in [4.69, 9.17) is 15.2 Å². The van der Waals surface area contributed by atoms with E-state index >= 15 is 0 Å². The fourth-order valence-corrected chi connectivity index (χ4v) is 2.37. The predicted octanol–water partition coefficient (Wildman–Crippen LogP) is 0.749. The van der Waals surface area contributed by atoms with Gasteiger partial charge in [-0.15, -0.1) is 0 Å². The standard InChI is InChI=1S/C16H27N5O2/c1-2-22-10-4-7-19-16(17)20-13-14-5-3-6-18-15(14)21-8-11-23-12-9-21/h3,5-6H,2,4,7-13H2,1H3,(H3,17,19,20). The Morgan fingerprint density at radius 1 is 1.48 bits per heavy atom. The van der Waals surface area contributed by atoms with Crippen LogP contribution in [0, 0.1) is 0 Å². The molecule has 7 heteroatoms. The molecule has 1 aromatic heterocycles. The maximum absolute atomic E-state index is 5.91. The van der Waals surface area contributed by atoms with Crippen LogP contribution < -0.4 is 16.0 Å². The number of rotatable bonds is 8. The van der Waals surface area contributed by atoms with Crippen molar-refractivity contribution in [2.24, 2.45) is 10.7 Å². The summed E-state index contributed by atoms with van der Waals surface area (Å²) >= 11 is 0. The molecule has 1 aliphatic rings. The first-order valence-electron chi connectivity index (χ1n) is 8.19. The summed E-state index contributed by atoms with van der Waals surface area (Å²) < 4.78 is 10.7. The van der Waals surface area contributed by atoms with Crippen LogP contribution in [0.25, 0.3) is 0 Å². The largest absolute Gasteiger partial charge is 0.382 e. The maximum Gasteiger partial charge on any atom is 0.188 e. The lowest BCUT2D eigenvalue weighted by atomic mass is 10.2. The summed E-state index contributed by atoms with van der Waals surface area (Å²) in [6.07, 6.45) is 2.73. The number of nitrogens with two attached hydrogens (primary N) is 1. The van der Waals surface area contributed by atoms with Gasteiger partial charge in [0.25, 0.3) is 0 Å². The van der Waals surface area contributed by atoms with Gasteiger partial charge in [0.05, 0.1) is 19.8 Å². The van der Waals surface area contributed by atoms with E-state index < -0.39 is 0 Å². The average molecular weight is 321 g/mol. The lowest BCUT2D eigenvalue weighted by Crippen LogP contribution is -2.37. The van der Waals surface area contributed by atoms with E-state index in [1.165, 1.54) is 0 Å². The molecule has 1 saturated heterocycles. The van der Waals surface area contributed by atoms with Crippen LogP contribution in [0.15, 0.2) is 23.3 Å². The van der Waals surface area contributed by atoms with Gasteiger partial charge < -0.3 is 25.4 Å². The van der Waals surface area contributed by atoms with Gasteiger partial charge in [-0.25, -0.2) is 9.98 Å². The van der Waals surface area contributed by atoms with E-state index in [0.717, 1.165) is 63.9 Å². The van der Waals surface area contributed by atoms with Crippen molar-refractivity contribution >= 4 is 11.8 Å². The van der Waals surface area contributed by atoms with Crippen LogP contribution in [-0.2, 0) is 16.0 Å². The third kappa shape index (κ3) is 6.03. The molecule has 1 aromatic rings. The van der Waals surface area contributed by atoms with Crippen molar-refractivity contribution in [1.82, 2.24) is 10.3 Å². The zero-order chi connectivity index (χ0) is 16.3. The van der Waals surface area contributed by atoms with Crippen molar-refractivity contribution in [3.05, 3.63) is 23.9 Å². The molecule has 2 rings (SSSR count). The van der Waals surface area contributed by atoms with Crippen LogP contribution in [0.2, 0.25) is 0 Å².